The molecule has 16 heteroatoms. The summed E-state index contributed by atoms with van der Waals surface area (Å²) >= 11 is 0. The van der Waals surface area contributed by atoms with Crippen molar-refractivity contribution in [2.75, 3.05) is 39.3 Å². The number of benzene rings is 1. The Labute approximate surface area is 248 Å². The van der Waals surface area contributed by atoms with Crippen LogP contribution in [0.2, 0.25) is 0 Å². The maximum atomic E-state index is 13.9. The Bertz CT molecular complexity index is 1610. The van der Waals surface area contributed by atoms with E-state index in [1.807, 2.05) is 0 Å². The van der Waals surface area contributed by atoms with Gasteiger partial charge in [-0.1, -0.05) is 12.1 Å². The third kappa shape index (κ3) is 6.99. The van der Waals surface area contributed by atoms with Crippen molar-refractivity contribution < 1.29 is 37.6 Å². The quantitative estimate of drug-likeness (QED) is 0.186. The van der Waals surface area contributed by atoms with Gasteiger partial charge in [-0.3, -0.25) is 9.29 Å². The van der Waals surface area contributed by atoms with E-state index in [-0.39, 0.29) is 24.2 Å². The van der Waals surface area contributed by atoms with Crippen molar-refractivity contribution in [3.8, 4) is 34.6 Å². The van der Waals surface area contributed by atoms with Gasteiger partial charge in [0.1, 0.15) is 40.3 Å². The average molecular weight is 616 g/mol. The number of aliphatic hydroxyl groups is 2. The van der Waals surface area contributed by atoms with Crippen molar-refractivity contribution >= 4 is 16.0 Å². The zero-order valence-electron chi connectivity index (χ0n) is 24.2. The van der Waals surface area contributed by atoms with Gasteiger partial charge in [0.15, 0.2) is 11.6 Å². The summed E-state index contributed by atoms with van der Waals surface area (Å²) in [5.74, 6) is 1.01. The van der Waals surface area contributed by atoms with E-state index in [2.05, 4.69) is 29.9 Å². The van der Waals surface area contributed by atoms with E-state index in [1.54, 1.807) is 43.3 Å². The van der Waals surface area contributed by atoms with E-state index in [9.17, 15) is 18.6 Å². The number of hydrogen-bond donors (Lipinski definition) is 3. The number of pyridine rings is 1. The highest BCUT2D eigenvalue weighted by atomic mass is 32.2. The second-order valence-corrected chi connectivity index (χ2v) is 11.4. The van der Waals surface area contributed by atoms with Crippen LogP contribution < -0.4 is 18.9 Å². The first-order chi connectivity index (χ1) is 20.6. The number of aromatic nitrogens is 6. The smallest absolute Gasteiger partial charge is 0.243 e. The minimum atomic E-state index is -4.33. The van der Waals surface area contributed by atoms with Crippen LogP contribution in [0.25, 0.3) is 17.2 Å². The summed E-state index contributed by atoms with van der Waals surface area (Å²) in [5, 5.41) is 26.2. The van der Waals surface area contributed by atoms with E-state index in [0.29, 0.717) is 28.8 Å². The zero-order valence-corrected chi connectivity index (χ0v) is 25.0. The van der Waals surface area contributed by atoms with Gasteiger partial charge in [-0.2, -0.15) is 0 Å². The number of aliphatic hydroxyl groups excluding tert-OH is 2. The molecule has 0 saturated carbocycles. The predicted octanol–water partition coefficient (Wildman–Crippen LogP) is 1.69. The number of anilines is 1. The summed E-state index contributed by atoms with van der Waals surface area (Å²) in [5.41, 5.74) is 1.39. The molecule has 0 aliphatic heterocycles. The monoisotopic (exact) mass is 615 g/mol. The van der Waals surface area contributed by atoms with Crippen LogP contribution in [0.1, 0.15) is 24.4 Å². The lowest BCUT2D eigenvalue weighted by Crippen LogP contribution is -2.35. The molecule has 1 aromatic carbocycles. The topological polar surface area (TPSA) is 193 Å². The van der Waals surface area contributed by atoms with E-state index < -0.39 is 34.1 Å². The fourth-order valence-corrected chi connectivity index (χ4v) is 5.15. The van der Waals surface area contributed by atoms with Gasteiger partial charge >= 0.3 is 0 Å². The van der Waals surface area contributed by atoms with Crippen molar-refractivity contribution in [3.05, 3.63) is 60.2 Å². The van der Waals surface area contributed by atoms with Gasteiger partial charge < -0.3 is 29.2 Å². The summed E-state index contributed by atoms with van der Waals surface area (Å²) in [6.07, 6.45) is 0.573. The fraction of sp³-hybridized carbons (Fsp3) is 0.370. The van der Waals surface area contributed by atoms with Crippen molar-refractivity contribution in [3.63, 3.8) is 0 Å². The van der Waals surface area contributed by atoms with Crippen LogP contribution in [0.3, 0.4) is 0 Å². The van der Waals surface area contributed by atoms with Crippen LogP contribution in [0.4, 0.5) is 5.95 Å². The highest BCUT2D eigenvalue weighted by Crippen LogP contribution is 2.38. The van der Waals surface area contributed by atoms with Crippen LogP contribution >= 0.6 is 0 Å². The lowest BCUT2D eigenvalue weighted by Gasteiger charge is -2.25. The first-order valence-corrected chi connectivity index (χ1v) is 14.6. The highest BCUT2D eigenvalue weighted by molar-refractivity contribution is 7.93. The van der Waals surface area contributed by atoms with Crippen molar-refractivity contribution in [2.24, 2.45) is 0 Å². The molecule has 4 aromatic rings. The fourth-order valence-electron chi connectivity index (χ4n) is 4.05. The Morgan fingerprint density at radius 2 is 1.63 bits per heavy atom. The predicted molar refractivity (Wildman–Crippen MR) is 155 cm³/mol. The number of hydrogen-bond acceptors (Lipinski definition) is 13. The molecule has 0 bridgehead atoms. The molecule has 15 nitrogen and oxygen atoms in total. The number of methoxy groups -OCH3 is 3. The molecule has 4 rings (SSSR count). The Balaban J connectivity index is 1.83. The molecule has 3 atom stereocenters. The lowest BCUT2D eigenvalue weighted by atomic mass is 10.2. The van der Waals surface area contributed by atoms with E-state index in [4.69, 9.17) is 18.9 Å². The first-order valence-electron chi connectivity index (χ1n) is 13.0. The Morgan fingerprint density at radius 3 is 2.23 bits per heavy atom. The number of nitrogens with zero attached hydrogens (tertiary/aromatic N) is 6. The molecular formula is C27H33N7O8S. The SMILES string of the molecule is COc1cccc(-c2nnc(NS(=O)(=O)[C@@H](C)[C@H](OC[C@H](O)CO)c3ncc(C)cn3)n2-c2c(OC)cccc2OC)n1. The van der Waals surface area contributed by atoms with Gasteiger partial charge in [-0.15, -0.1) is 10.2 Å². The van der Waals surface area contributed by atoms with E-state index in [0.717, 1.165) is 5.56 Å². The third-order valence-corrected chi connectivity index (χ3v) is 8.03. The minimum Gasteiger partial charge on any atom is -0.494 e. The second-order valence-electron chi connectivity index (χ2n) is 9.32. The molecular weight excluding hydrogens is 582 g/mol. The summed E-state index contributed by atoms with van der Waals surface area (Å²) in [7, 11) is 0.0644. The maximum Gasteiger partial charge on any atom is 0.243 e. The van der Waals surface area contributed by atoms with Crippen LogP contribution in [-0.2, 0) is 14.8 Å². The van der Waals surface area contributed by atoms with E-state index >= 15 is 0 Å². The molecule has 3 N–H and O–H groups in total. The van der Waals surface area contributed by atoms with E-state index in [1.165, 1.54) is 45.2 Å². The minimum absolute atomic E-state index is 0.0720. The number of rotatable bonds is 14. The van der Waals surface area contributed by atoms with Crippen molar-refractivity contribution in [1.82, 2.24) is 29.7 Å². The third-order valence-electron chi connectivity index (χ3n) is 6.33. The summed E-state index contributed by atoms with van der Waals surface area (Å²) in [6.45, 7) is 2.24. The molecule has 0 amide bonds. The Morgan fingerprint density at radius 1 is 0.977 bits per heavy atom. The van der Waals surface area contributed by atoms with Crippen molar-refractivity contribution in [2.45, 2.75) is 31.3 Å². The average Bonchev–Trinajstić information content (AvgIpc) is 3.43. The van der Waals surface area contributed by atoms with Crippen molar-refractivity contribution in [1.29, 1.82) is 0 Å². The maximum absolute atomic E-state index is 13.9. The van der Waals surface area contributed by atoms with Gasteiger partial charge in [0.25, 0.3) is 0 Å². The Kier molecular flexibility index (Phi) is 10.1. The number of sulfonamides is 1. The number of aryl methyl sites for hydroxylation is 1. The standard InChI is InChI=1S/C27H33N7O8S/c1-16-12-28-25(29-13-16)24(42-15-18(36)14-35)17(2)43(37,38)33-27-32-31-26(19-8-6-11-22(30-19)41-5)34(27)23-20(39-3)9-7-10-21(23)40-4/h6-13,17-18,24,35-36H,14-15H2,1-5H3,(H,32,33)/t17-,18+,24-/m0/s1. The summed E-state index contributed by atoms with van der Waals surface area (Å²) in [6, 6.07) is 10.1. The van der Waals surface area contributed by atoms with Gasteiger partial charge in [-0.05, 0) is 37.6 Å². The molecule has 0 radical (unpaired) electrons. The van der Waals surface area contributed by atoms with Crippen LogP contribution in [-0.4, -0.2) is 94.2 Å². The number of para-hydroxylation sites is 1. The summed E-state index contributed by atoms with van der Waals surface area (Å²) in [4.78, 5) is 12.9. The summed E-state index contributed by atoms with van der Waals surface area (Å²) < 4.78 is 53.9. The number of nitrogens with one attached hydrogen (secondary N) is 1. The normalized spacial score (nSPS) is 13.7. The highest BCUT2D eigenvalue weighted by Gasteiger charge is 2.36. The largest absolute Gasteiger partial charge is 0.494 e. The molecule has 0 saturated heterocycles. The molecule has 0 aliphatic carbocycles. The lowest BCUT2D eigenvalue weighted by molar-refractivity contribution is -0.0324. The molecule has 0 spiro atoms. The van der Waals surface area contributed by atoms with Crippen LogP contribution in [0.15, 0.2) is 48.8 Å². The molecule has 230 valence electrons. The molecule has 0 fully saturated rings. The Hall–Kier alpha value is -4.38. The van der Waals surface area contributed by atoms with Crippen LogP contribution in [0, 0.1) is 6.92 Å². The molecule has 3 heterocycles. The van der Waals surface area contributed by atoms with Crippen LogP contribution in [0.5, 0.6) is 17.4 Å². The second kappa shape index (κ2) is 13.7. The van der Waals surface area contributed by atoms with Gasteiger partial charge in [0, 0.05) is 18.5 Å². The molecule has 3 aromatic heterocycles. The zero-order chi connectivity index (χ0) is 31.1. The van der Waals surface area contributed by atoms with Gasteiger partial charge in [0.2, 0.25) is 21.9 Å². The molecule has 0 unspecified atom stereocenters. The number of ether oxygens (including phenoxy) is 4. The van der Waals surface area contributed by atoms with Gasteiger partial charge in [-0.25, -0.2) is 23.4 Å². The molecule has 43 heavy (non-hydrogen) atoms. The molecule has 0 aliphatic rings. The van der Waals surface area contributed by atoms with Gasteiger partial charge in [0.05, 0.1) is 34.5 Å². The first kappa shape index (κ1) is 31.6.